The predicted molar refractivity (Wildman–Crippen MR) is 65.6 cm³/mol. The van der Waals surface area contributed by atoms with Crippen molar-refractivity contribution in [1.29, 1.82) is 0 Å². The summed E-state index contributed by atoms with van der Waals surface area (Å²) in [7, 11) is 0. The van der Waals surface area contributed by atoms with E-state index in [1.54, 1.807) is 4.52 Å². The molecule has 1 N–H and O–H groups in total. The van der Waals surface area contributed by atoms with E-state index in [0.29, 0.717) is 12.0 Å². The lowest BCUT2D eigenvalue weighted by Gasteiger charge is -2.08. The number of pyridine rings is 1. The molecule has 0 amide bonds. The minimum atomic E-state index is 0.302. The lowest BCUT2D eigenvalue weighted by atomic mass is 10.2. The molecule has 4 nitrogen and oxygen atoms in total. The molecule has 84 valence electrons. The molecule has 0 aliphatic heterocycles. The summed E-state index contributed by atoms with van der Waals surface area (Å²) in [6.07, 6.45) is 4.70. The molecule has 0 aliphatic rings. The van der Waals surface area contributed by atoms with Crippen LogP contribution >= 0.6 is 0 Å². The van der Waals surface area contributed by atoms with Gasteiger partial charge >= 0.3 is 0 Å². The Morgan fingerprint density at radius 3 is 3.19 bits per heavy atom. The highest BCUT2D eigenvalue weighted by Gasteiger charge is 2.05. The van der Waals surface area contributed by atoms with Crippen LogP contribution in [0.15, 0.2) is 31.0 Å². The molecule has 0 fully saturated rings. The van der Waals surface area contributed by atoms with Crippen LogP contribution in [0.1, 0.15) is 18.9 Å². The Hall–Kier alpha value is -1.84. The van der Waals surface area contributed by atoms with Gasteiger partial charge in [-0.15, -0.1) is 11.7 Å². The van der Waals surface area contributed by atoms with E-state index in [-0.39, 0.29) is 0 Å². The third-order valence-corrected chi connectivity index (χ3v) is 2.39. The Kier molecular flexibility index (Phi) is 2.90. The van der Waals surface area contributed by atoms with Crippen molar-refractivity contribution in [2.45, 2.75) is 26.3 Å². The topological polar surface area (TPSA) is 42.2 Å². The van der Waals surface area contributed by atoms with Gasteiger partial charge in [0, 0.05) is 12.2 Å². The fourth-order valence-corrected chi connectivity index (χ4v) is 1.57. The van der Waals surface area contributed by atoms with Crippen molar-refractivity contribution in [2.75, 3.05) is 5.32 Å². The number of fused-ring (bicyclic) bond motifs is 1. The summed E-state index contributed by atoms with van der Waals surface area (Å²) in [6, 6.07) is 4.32. The summed E-state index contributed by atoms with van der Waals surface area (Å²) < 4.78 is 1.77. The van der Waals surface area contributed by atoms with Gasteiger partial charge in [0.05, 0.1) is 0 Å². The summed E-state index contributed by atoms with van der Waals surface area (Å²) in [5.41, 5.74) is 2.05. The Morgan fingerprint density at radius 2 is 2.44 bits per heavy atom. The van der Waals surface area contributed by atoms with Crippen LogP contribution in [0.2, 0.25) is 0 Å². The fourth-order valence-electron chi connectivity index (χ4n) is 1.57. The molecule has 0 aromatic carbocycles. The van der Waals surface area contributed by atoms with E-state index in [1.165, 1.54) is 5.56 Å². The summed E-state index contributed by atoms with van der Waals surface area (Å²) in [5.74, 6) is 0.667. The van der Waals surface area contributed by atoms with Gasteiger partial charge < -0.3 is 5.32 Å². The number of aryl methyl sites for hydroxylation is 1. The van der Waals surface area contributed by atoms with Crippen LogP contribution in [0, 0.1) is 6.92 Å². The van der Waals surface area contributed by atoms with E-state index < -0.39 is 0 Å². The average molecular weight is 216 g/mol. The van der Waals surface area contributed by atoms with Gasteiger partial charge in [-0.1, -0.05) is 6.08 Å². The normalized spacial score (nSPS) is 12.6. The van der Waals surface area contributed by atoms with Crippen LogP contribution in [0.3, 0.4) is 0 Å². The molecular formula is C12H16N4. The zero-order valence-corrected chi connectivity index (χ0v) is 9.64. The number of nitrogens with zero attached hydrogens (tertiary/aromatic N) is 3. The van der Waals surface area contributed by atoms with E-state index in [1.807, 2.05) is 31.3 Å². The second kappa shape index (κ2) is 4.35. The smallest absolute Gasteiger partial charge is 0.243 e. The van der Waals surface area contributed by atoms with Crippen molar-refractivity contribution in [3.8, 4) is 0 Å². The first-order chi connectivity index (χ1) is 7.69. The minimum Gasteiger partial charge on any atom is -0.350 e. The average Bonchev–Trinajstić information content (AvgIpc) is 2.59. The standard InChI is InChI=1S/C12H16N4/c1-4-5-10(3)13-12-14-11-8-9(2)6-7-16(11)15-12/h4,6-8,10H,1,5H2,2-3H3,(H,13,15). The Labute approximate surface area is 95.0 Å². The molecule has 0 saturated heterocycles. The van der Waals surface area contributed by atoms with Gasteiger partial charge in [0.2, 0.25) is 5.95 Å². The number of rotatable bonds is 4. The highest BCUT2D eigenvalue weighted by Crippen LogP contribution is 2.09. The van der Waals surface area contributed by atoms with Gasteiger partial charge in [0.15, 0.2) is 5.65 Å². The SMILES string of the molecule is C=CCC(C)Nc1nc2cc(C)ccn2n1. The number of nitrogens with one attached hydrogen (secondary N) is 1. The molecule has 0 radical (unpaired) electrons. The highest BCUT2D eigenvalue weighted by atomic mass is 15.3. The molecule has 1 unspecified atom stereocenters. The van der Waals surface area contributed by atoms with Crippen molar-refractivity contribution < 1.29 is 0 Å². The van der Waals surface area contributed by atoms with E-state index in [4.69, 9.17) is 0 Å². The second-order valence-corrected chi connectivity index (χ2v) is 4.01. The fraction of sp³-hybridized carbons (Fsp3) is 0.333. The van der Waals surface area contributed by atoms with Crippen molar-refractivity contribution in [3.05, 3.63) is 36.5 Å². The quantitative estimate of drug-likeness (QED) is 0.798. The van der Waals surface area contributed by atoms with E-state index in [2.05, 4.69) is 28.9 Å². The molecule has 0 bridgehead atoms. The van der Waals surface area contributed by atoms with Gasteiger partial charge in [-0.25, -0.2) is 4.52 Å². The van der Waals surface area contributed by atoms with E-state index in [0.717, 1.165) is 12.1 Å². The molecule has 2 rings (SSSR count). The molecule has 0 spiro atoms. The maximum absolute atomic E-state index is 4.40. The van der Waals surface area contributed by atoms with E-state index >= 15 is 0 Å². The Balaban J connectivity index is 2.22. The van der Waals surface area contributed by atoms with Crippen molar-refractivity contribution in [1.82, 2.24) is 14.6 Å². The van der Waals surface area contributed by atoms with Gasteiger partial charge in [-0.3, -0.25) is 0 Å². The maximum atomic E-state index is 4.40. The third-order valence-electron chi connectivity index (χ3n) is 2.39. The van der Waals surface area contributed by atoms with Gasteiger partial charge in [-0.05, 0) is 38.0 Å². The summed E-state index contributed by atoms with van der Waals surface area (Å²) >= 11 is 0. The molecule has 4 heteroatoms. The zero-order chi connectivity index (χ0) is 11.5. The van der Waals surface area contributed by atoms with Crippen LogP contribution in [-0.4, -0.2) is 20.6 Å². The predicted octanol–water partition coefficient (Wildman–Crippen LogP) is 2.41. The maximum Gasteiger partial charge on any atom is 0.243 e. The third kappa shape index (κ3) is 2.21. The first-order valence-electron chi connectivity index (χ1n) is 5.39. The molecule has 0 aliphatic carbocycles. The number of hydrogen-bond acceptors (Lipinski definition) is 3. The lowest BCUT2D eigenvalue weighted by Crippen LogP contribution is -2.14. The van der Waals surface area contributed by atoms with Gasteiger partial charge in [0.1, 0.15) is 0 Å². The van der Waals surface area contributed by atoms with E-state index in [9.17, 15) is 0 Å². The minimum absolute atomic E-state index is 0.302. The van der Waals surface area contributed by atoms with Gasteiger partial charge in [-0.2, -0.15) is 4.98 Å². The number of anilines is 1. The molecule has 2 aromatic heterocycles. The van der Waals surface area contributed by atoms with Gasteiger partial charge in [0.25, 0.3) is 0 Å². The van der Waals surface area contributed by atoms with Crippen LogP contribution in [-0.2, 0) is 0 Å². The second-order valence-electron chi connectivity index (χ2n) is 4.01. The monoisotopic (exact) mass is 216 g/mol. The van der Waals surface area contributed by atoms with Crippen LogP contribution in [0.25, 0.3) is 5.65 Å². The first kappa shape index (κ1) is 10.7. The number of aromatic nitrogens is 3. The van der Waals surface area contributed by atoms with Crippen LogP contribution in [0.4, 0.5) is 5.95 Å². The van der Waals surface area contributed by atoms with Crippen molar-refractivity contribution >= 4 is 11.6 Å². The largest absolute Gasteiger partial charge is 0.350 e. The van der Waals surface area contributed by atoms with Crippen LogP contribution in [0.5, 0.6) is 0 Å². The number of hydrogen-bond donors (Lipinski definition) is 1. The van der Waals surface area contributed by atoms with Crippen LogP contribution < -0.4 is 5.32 Å². The first-order valence-corrected chi connectivity index (χ1v) is 5.39. The lowest BCUT2D eigenvalue weighted by molar-refractivity contribution is 0.796. The molecule has 0 saturated carbocycles. The molecular weight excluding hydrogens is 200 g/mol. The summed E-state index contributed by atoms with van der Waals surface area (Å²) in [5, 5.41) is 7.57. The highest BCUT2D eigenvalue weighted by molar-refractivity contribution is 5.45. The van der Waals surface area contributed by atoms with Crippen molar-refractivity contribution in [2.24, 2.45) is 0 Å². The summed E-state index contributed by atoms with van der Waals surface area (Å²) in [6.45, 7) is 7.84. The Bertz CT molecular complexity index is 501. The Morgan fingerprint density at radius 1 is 1.62 bits per heavy atom. The molecule has 16 heavy (non-hydrogen) atoms. The molecule has 1 atom stereocenters. The molecule has 2 aromatic rings. The zero-order valence-electron chi connectivity index (χ0n) is 9.64. The summed E-state index contributed by atoms with van der Waals surface area (Å²) in [4.78, 5) is 4.40. The molecule has 2 heterocycles. The van der Waals surface area contributed by atoms with Crippen molar-refractivity contribution in [3.63, 3.8) is 0 Å².